The van der Waals surface area contributed by atoms with Gasteiger partial charge in [-0.3, -0.25) is 10.0 Å². The topological polar surface area (TPSA) is 91.3 Å². The van der Waals surface area contributed by atoms with E-state index in [4.69, 9.17) is 19.4 Å². The van der Waals surface area contributed by atoms with Gasteiger partial charge in [0.15, 0.2) is 17.3 Å². The monoisotopic (exact) mass is 328 g/mol. The van der Waals surface area contributed by atoms with Crippen molar-refractivity contribution >= 4 is 11.5 Å². The number of ketones is 1. The average Bonchev–Trinajstić information content (AvgIpc) is 2.61. The van der Waals surface area contributed by atoms with Gasteiger partial charge < -0.3 is 24.6 Å². The molecule has 4 rings (SSSR count). The second kappa shape index (κ2) is 5.70. The van der Waals surface area contributed by atoms with Gasteiger partial charge in [-0.05, 0) is 35.9 Å². The van der Waals surface area contributed by atoms with Gasteiger partial charge in [0.05, 0.1) is 17.7 Å². The maximum absolute atomic E-state index is 12.4. The summed E-state index contributed by atoms with van der Waals surface area (Å²) in [6, 6.07) is 9.69. The zero-order valence-electron chi connectivity index (χ0n) is 12.6. The van der Waals surface area contributed by atoms with Gasteiger partial charge in [-0.1, -0.05) is 6.07 Å². The molecule has 2 aromatic carbocycles. The highest BCUT2D eigenvalue weighted by atomic mass is 16.8. The highest BCUT2D eigenvalue weighted by Gasteiger charge is 2.29. The summed E-state index contributed by atoms with van der Waals surface area (Å²) in [5.74, 6) is 1.55. The number of Topliss-reactive ketones (excluding diaryl/α,β-unsaturated/α-hetero) is 1. The normalized spacial score (nSPS) is 18.6. The summed E-state index contributed by atoms with van der Waals surface area (Å²) in [7, 11) is 0. The fourth-order valence-electron chi connectivity index (χ4n) is 2.88. The molecule has 0 unspecified atom stereocenters. The molecule has 7 nitrogen and oxygen atoms in total. The molecule has 7 heteroatoms. The Hall–Kier alpha value is -2.77. The summed E-state index contributed by atoms with van der Waals surface area (Å²) in [5, 5.41) is 19.6. The van der Waals surface area contributed by atoms with Gasteiger partial charge in [0.25, 0.3) is 0 Å². The number of carbonyl (C=O) groups excluding carboxylic acids is 1. The molecular weight excluding hydrogens is 314 g/mol. The molecule has 0 amide bonds. The molecule has 0 saturated heterocycles. The molecule has 2 aliphatic heterocycles. The SMILES string of the molecule is O=C1C[C@@H](c2ccc3c(c2)OCCO3)Oc2ccc(N([O-])O)cc21. The molecule has 0 fully saturated rings. The van der Waals surface area contributed by atoms with Crippen molar-refractivity contribution in [3.63, 3.8) is 0 Å². The molecule has 0 aromatic heterocycles. The number of rotatable bonds is 2. The fraction of sp³-hybridized carbons (Fsp3) is 0.235. The number of fused-ring (bicyclic) bond motifs is 2. The van der Waals surface area contributed by atoms with E-state index in [1.807, 2.05) is 12.1 Å². The van der Waals surface area contributed by atoms with Crippen LogP contribution in [-0.2, 0) is 0 Å². The third-order valence-corrected chi connectivity index (χ3v) is 4.06. The van der Waals surface area contributed by atoms with Gasteiger partial charge in [0.2, 0.25) is 0 Å². The van der Waals surface area contributed by atoms with E-state index in [-0.39, 0.29) is 28.7 Å². The zero-order valence-corrected chi connectivity index (χ0v) is 12.6. The Balaban J connectivity index is 1.64. The van der Waals surface area contributed by atoms with Gasteiger partial charge in [-0.25, -0.2) is 0 Å². The summed E-state index contributed by atoms with van der Waals surface area (Å²) in [6.07, 6.45) is -0.301. The summed E-state index contributed by atoms with van der Waals surface area (Å²) >= 11 is 0. The van der Waals surface area contributed by atoms with Crippen LogP contribution in [0.15, 0.2) is 36.4 Å². The molecule has 0 saturated carbocycles. The number of carbonyl (C=O) groups is 1. The highest BCUT2D eigenvalue weighted by Crippen LogP contribution is 2.39. The number of benzene rings is 2. The lowest BCUT2D eigenvalue weighted by Gasteiger charge is -2.28. The Bertz CT molecular complexity index is 804. The first-order chi connectivity index (χ1) is 11.6. The minimum atomic E-state index is -0.441. The Morgan fingerprint density at radius 2 is 1.79 bits per heavy atom. The summed E-state index contributed by atoms with van der Waals surface area (Å²) in [6.45, 7) is 1.00. The van der Waals surface area contributed by atoms with Crippen molar-refractivity contribution in [1.82, 2.24) is 0 Å². The van der Waals surface area contributed by atoms with E-state index < -0.39 is 6.10 Å². The Labute approximate surface area is 137 Å². The fourth-order valence-corrected chi connectivity index (χ4v) is 2.88. The van der Waals surface area contributed by atoms with Crippen LogP contribution >= 0.6 is 0 Å². The Morgan fingerprint density at radius 3 is 2.58 bits per heavy atom. The number of ether oxygens (including phenoxy) is 3. The molecule has 2 aromatic rings. The summed E-state index contributed by atoms with van der Waals surface area (Å²) in [4.78, 5) is 12.4. The van der Waals surface area contributed by atoms with Crippen LogP contribution in [0.4, 0.5) is 5.69 Å². The van der Waals surface area contributed by atoms with Crippen LogP contribution < -0.4 is 19.4 Å². The molecule has 0 aliphatic carbocycles. The maximum atomic E-state index is 12.4. The van der Waals surface area contributed by atoms with Crippen LogP contribution in [0, 0.1) is 5.21 Å². The van der Waals surface area contributed by atoms with Crippen molar-refractivity contribution in [3.05, 3.63) is 52.7 Å². The van der Waals surface area contributed by atoms with Gasteiger partial charge >= 0.3 is 0 Å². The average molecular weight is 328 g/mol. The van der Waals surface area contributed by atoms with E-state index in [0.29, 0.717) is 30.5 Å². The molecule has 24 heavy (non-hydrogen) atoms. The van der Waals surface area contributed by atoms with Crippen molar-refractivity contribution in [1.29, 1.82) is 0 Å². The number of nitrogens with zero attached hydrogens (tertiary/aromatic N) is 1. The first-order valence-electron chi connectivity index (χ1n) is 7.51. The third-order valence-electron chi connectivity index (χ3n) is 4.06. The number of hydrogen-bond donors (Lipinski definition) is 1. The highest BCUT2D eigenvalue weighted by molar-refractivity contribution is 6.00. The number of anilines is 1. The van der Waals surface area contributed by atoms with E-state index >= 15 is 0 Å². The van der Waals surface area contributed by atoms with E-state index in [1.165, 1.54) is 18.2 Å². The molecule has 2 heterocycles. The maximum Gasteiger partial charge on any atom is 0.170 e. The first kappa shape index (κ1) is 14.8. The van der Waals surface area contributed by atoms with E-state index in [0.717, 1.165) is 5.56 Å². The second-order valence-corrected chi connectivity index (χ2v) is 5.59. The first-order valence-corrected chi connectivity index (χ1v) is 7.51. The molecule has 2 aliphatic rings. The molecule has 0 spiro atoms. The summed E-state index contributed by atoms with van der Waals surface area (Å²) in [5.41, 5.74) is 1.09. The van der Waals surface area contributed by atoms with Crippen molar-refractivity contribution < 1.29 is 24.2 Å². The van der Waals surface area contributed by atoms with Crippen LogP contribution in [0.1, 0.15) is 28.4 Å². The number of hydrogen-bond acceptors (Lipinski definition) is 7. The predicted molar refractivity (Wildman–Crippen MR) is 83.8 cm³/mol. The lowest BCUT2D eigenvalue weighted by atomic mass is 9.95. The largest absolute Gasteiger partial charge is 0.733 e. The van der Waals surface area contributed by atoms with Gasteiger partial charge in [-0.15, -0.1) is 0 Å². The van der Waals surface area contributed by atoms with Gasteiger partial charge in [0.1, 0.15) is 25.1 Å². The van der Waals surface area contributed by atoms with Crippen LogP contribution in [0.5, 0.6) is 17.2 Å². The Morgan fingerprint density at radius 1 is 1.04 bits per heavy atom. The van der Waals surface area contributed by atoms with Crippen molar-refractivity contribution in [2.24, 2.45) is 0 Å². The zero-order chi connectivity index (χ0) is 16.7. The van der Waals surface area contributed by atoms with E-state index in [1.54, 1.807) is 6.07 Å². The van der Waals surface area contributed by atoms with Crippen molar-refractivity contribution in [2.75, 3.05) is 18.4 Å². The van der Waals surface area contributed by atoms with Crippen LogP contribution in [-0.4, -0.2) is 24.2 Å². The molecule has 124 valence electrons. The minimum Gasteiger partial charge on any atom is -0.733 e. The lowest BCUT2D eigenvalue weighted by molar-refractivity contribution is 0.0849. The third kappa shape index (κ3) is 2.53. The molecule has 1 atom stereocenters. The van der Waals surface area contributed by atoms with E-state index in [2.05, 4.69) is 0 Å². The second-order valence-electron chi connectivity index (χ2n) is 5.59. The van der Waals surface area contributed by atoms with Crippen LogP contribution in [0.3, 0.4) is 0 Å². The van der Waals surface area contributed by atoms with Crippen LogP contribution in [0.2, 0.25) is 0 Å². The van der Waals surface area contributed by atoms with Crippen molar-refractivity contribution in [2.45, 2.75) is 12.5 Å². The Kier molecular flexibility index (Phi) is 3.51. The van der Waals surface area contributed by atoms with Gasteiger partial charge in [-0.2, -0.15) is 0 Å². The van der Waals surface area contributed by atoms with Crippen molar-refractivity contribution in [3.8, 4) is 17.2 Å². The minimum absolute atomic E-state index is 0.0107. The summed E-state index contributed by atoms with van der Waals surface area (Å²) < 4.78 is 16.9. The standard InChI is InChI=1S/C17H14NO6/c19-13-9-16(10-1-3-15-17(7-10)23-6-5-22-15)24-14-4-2-11(18(20)21)8-12(13)14/h1-4,7-8,16,20H,5-6,9H2/q-1/t16-/m0/s1. The van der Waals surface area contributed by atoms with Crippen LogP contribution in [0.25, 0.3) is 0 Å². The lowest BCUT2D eigenvalue weighted by Crippen LogP contribution is -2.21. The molecule has 0 radical (unpaired) electrons. The molecular formula is C17H14NO6-. The molecule has 1 N–H and O–H groups in total. The van der Waals surface area contributed by atoms with Gasteiger partial charge in [0, 0.05) is 0 Å². The van der Waals surface area contributed by atoms with E-state index in [9.17, 15) is 10.0 Å². The smallest absolute Gasteiger partial charge is 0.170 e. The molecule has 0 bridgehead atoms. The predicted octanol–water partition coefficient (Wildman–Crippen LogP) is 2.86. The quantitative estimate of drug-likeness (QED) is 0.847.